The fourth-order valence-electron chi connectivity index (χ4n) is 2.30. The second-order valence-electron chi connectivity index (χ2n) is 5.20. The third-order valence-corrected chi connectivity index (χ3v) is 3.69. The number of hydrogen-bond donors (Lipinski definition) is 1. The van der Waals surface area contributed by atoms with Gasteiger partial charge in [0.25, 0.3) is 5.69 Å². The number of rotatable bonds is 6. The van der Waals surface area contributed by atoms with E-state index in [0.29, 0.717) is 17.9 Å². The van der Waals surface area contributed by atoms with E-state index in [1.165, 1.54) is 12.1 Å². The van der Waals surface area contributed by atoms with Crippen molar-refractivity contribution < 1.29 is 14.8 Å². The third-order valence-electron chi connectivity index (χ3n) is 3.69. The van der Waals surface area contributed by atoms with Crippen LogP contribution in [0, 0.1) is 10.1 Å². The standard InChI is InChI=1S/C14H21N3O4/c1-15-4-6-16(7-5-15)8-9-21-14-3-2-13(17(19)20)10-12(14)11-18/h2-3,10,18H,4-9,11H2,1H3. The first-order chi connectivity index (χ1) is 10.1. The molecule has 1 aromatic carbocycles. The first kappa shape index (κ1) is 15.7. The van der Waals surface area contributed by atoms with Crippen LogP contribution in [0.4, 0.5) is 5.69 Å². The average molecular weight is 295 g/mol. The molecular weight excluding hydrogens is 274 g/mol. The highest BCUT2D eigenvalue weighted by Gasteiger charge is 2.14. The Hall–Kier alpha value is -1.70. The summed E-state index contributed by atoms with van der Waals surface area (Å²) in [5, 5.41) is 20.0. The quantitative estimate of drug-likeness (QED) is 0.615. The average Bonchev–Trinajstić information content (AvgIpc) is 2.49. The molecule has 1 aliphatic heterocycles. The van der Waals surface area contributed by atoms with Crippen LogP contribution in [0.2, 0.25) is 0 Å². The molecule has 0 aromatic heterocycles. The molecule has 0 atom stereocenters. The van der Waals surface area contributed by atoms with Gasteiger partial charge in [-0.2, -0.15) is 0 Å². The normalized spacial score (nSPS) is 16.9. The molecule has 1 heterocycles. The van der Waals surface area contributed by atoms with E-state index in [0.717, 1.165) is 32.7 Å². The first-order valence-electron chi connectivity index (χ1n) is 7.02. The minimum Gasteiger partial charge on any atom is -0.492 e. The fourth-order valence-corrected chi connectivity index (χ4v) is 2.30. The van der Waals surface area contributed by atoms with Crippen LogP contribution in [0.25, 0.3) is 0 Å². The minimum absolute atomic E-state index is 0.0366. The summed E-state index contributed by atoms with van der Waals surface area (Å²) in [5.74, 6) is 0.511. The van der Waals surface area contributed by atoms with Gasteiger partial charge in [-0.1, -0.05) is 0 Å². The number of ether oxygens (including phenoxy) is 1. The summed E-state index contributed by atoms with van der Waals surface area (Å²) in [4.78, 5) is 14.8. The number of aliphatic hydroxyl groups is 1. The molecule has 2 rings (SSSR count). The summed E-state index contributed by atoms with van der Waals surface area (Å²) in [6, 6.07) is 4.29. The molecule has 1 N–H and O–H groups in total. The molecule has 1 saturated heterocycles. The molecule has 1 aromatic rings. The molecule has 7 heteroatoms. The number of nitro benzene ring substituents is 1. The van der Waals surface area contributed by atoms with Crippen LogP contribution in [0.15, 0.2) is 18.2 Å². The van der Waals surface area contributed by atoms with Crippen LogP contribution in [-0.4, -0.2) is 66.2 Å². The molecule has 0 spiro atoms. The maximum absolute atomic E-state index is 10.7. The Labute approximate surface area is 123 Å². The second-order valence-corrected chi connectivity index (χ2v) is 5.20. The van der Waals surface area contributed by atoms with Crippen molar-refractivity contribution in [3.05, 3.63) is 33.9 Å². The summed E-state index contributed by atoms with van der Waals surface area (Å²) in [5.41, 5.74) is 0.410. The number of aliphatic hydroxyl groups excluding tert-OH is 1. The van der Waals surface area contributed by atoms with Gasteiger partial charge in [0.2, 0.25) is 0 Å². The predicted octanol–water partition coefficient (Wildman–Crippen LogP) is 0.713. The van der Waals surface area contributed by atoms with Crippen LogP contribution in [0.5, 0.6) is 5.75 Å². The highest BCUT2D eigenvalue weighted by Crippen LogP contribution is 2.24. The Morgan fingerprint density at radius 2 is 2.05 bits per heavy atom. The largest absolute Gasteiger partial charge is 0.492 e. The first-order valence-corrected chi connectivity index (χ1v) is 7.02. The van der Waals surface area contributed by atoms with Gasteiger partial charge in [0.05, 0.1) is 11.5 Å². The highest BCUT2D eigenvalue weighted by molar-refractivity contribution is 5.43. The van der Waals surface area contributed by atoms with Gasteiger partial charge < -0.3 is 14.7 Å². The number of likely N-dealkylation sites (N-methyl/N-ethyl adjacent to an activating group) is 1. The number of piperazine rings is 1. The molecule has 1 fully saturated rings. The van der Waals surface area contributed by atoms with Crippen LogP contribution < -0.4 is 4.74 Å². The van der Waals surface area contributed by atoms with E-state index in [1.54, 1.807) is 6.07 Å². The molecule has 21 heavy (non-hydrogen) atoms. The van der Waals surface area contributed by atoms with Gasteiger partial charge in [-0.05, 0) is 13.1 Å². The van der Waals surface area contributed by atoms with Crippen molar-refractivity contribution in [2.75, 3.05) is 46.4 Å². The van der Waals surface area contributed by atoms with E-state index in [-0.39, 0.29) is 12.3 Å². The van der Waals surface area contributed by atoms with Crippen molar-refractivity contribution in [1.82, 2.24) is 9.80 Å². The second kappa shape index (κ2) is 7.35. The van der Waals surface area contributed by atoms with Crippen molar-refractivity contribution in [2.45, 2.75) is 6.61 Å². The summed E-state index contributed by atoms with van der Waals surface area (Å²) in [6.07, 6.45) is 0. The molecule has 0 radical (unpaired) electrons. The molecule has 1 aliphatic rings. The van der Waals surface area contributed by atoms with E-state index in [1.807, 2.05) is 0 Å². The minimum atomic E-state index is -0.479. The highest BCUT2D eigenvalue weighted by atomic mass is 16.6. The van der Waals surface area contributed by atoms with Gasteiger partial charge in [0, 0.05) is 50.4 Å². The Morgan fingerprint density at radius 3 is 2.67 bits per heavy atom. The summed E-state index contributed by atoms with van der Waals surface area (Å²) in [7, 11) is 2.11. The molecule has 0 aliphatic carbocycles. The number of benzene rings is 1. The van der Waals surface area contributed by atoms with Gasteiger partial charge in [-0.3, -0.25) is 15.0 Å². The lowest BCUT2D eigenvalue weighted by Gasteiger charge is -2.32. The number of hydrogen-bond acceptors (Lipinski definition) is 6. The van der Waals surface area contributed by atoms with Crippen molar-refractivity contribution in [3.63, 3.8) is 0 Å². The summed E-state index contributed by atoms with van der Waals surface area (Å²) in [6.45, 7) is 5.20. The molecule has 0 unspecified atom stereocenters. The van der Waals surface area contributed by atoms with Gasteiger partial charge in [-0.15, -0.1) is 0 Å². The van der Waals surface area contributed by atoms with Gasteiger partial charge in [0.15, 0.2) is 0 Å². The summed E-state index contributed by atoms with van der Waals surface area (Å²) < 4.78 is 5.65. The lowest BCUT2D eigenvalue weighted by atomic mass is 10.2. The maximum Gasteiger partial charge on any atom is 0.270 e. The van der Waals surface area contributed by atoms with Gasteiger partial charge in [-0.25, -0.2) is 0 Å². The molecule has 0 bridgehead atoms. The molecule has 116 valence electrons. The Balaban J connectivity index is 1.86. The maximum atomic E-state index is 10.7. The van der Waals surface area contributed by atoms with E-state index in [4.69, 9.17) is 4.74 Å². The van der Waals surface area contributed by atoms with Gasteiger partial charge in [0.1, 0.15) is 12.4 Å². The zero-order chi connectivity index (χ0) is 15.2. The Morgan fingerprint density at radius 1 is 1.33 bits per heavy atom. The van der Waals surface area contributed by atoms with E-state index in [9.17, 15) is 15.2 Å². The SMILES string of the molecule is CN1CCN(CCOc2ccc([N+](=O)[O-])cc2CO)CC1. The zero-order valence-electron chi connectivity index (χ0n) is 12.2. The van der Waals surface area contributed by atoms with Crippen molar-refractivity contribution in [2.24, 2.45) is 0 Å². The van der Waals surface area contributed by atoms with Gasteiger partial charge >= 0.3 is 0 Å². The van der Waals surface area contributed by atoms with Crippen molar-refractivity contribution in [3.8, 4) is 5.75 Å². The van der Waals surface area contributed by atoms with E-state index in [2.05, 4.69) is 16.8 Å². The Bertz CT molecular complexity index is 487. The van der Waals surface area contributed by atoms with Crippen molar-refractivity contribution >= 4 is 5.69 Å². The molecule has 0 amide bonds. The topological polar surface area (TPSA) is 79.1 Å². The van der Waals surface area contributed by atoms with Crippen molar-refractivity contribution in [1.29, 1.82) is 0 Å². The van der Waals surface area contributed by atoms with Crippen LogP contribution in [0.1, 0.15) is 5.56 Å². The monoisotopic (exact) mass is 295 g/mol. The van der Waals surface area contributed by atoms with Crippen LogP contribution >= 0.6 is 0 Å². The zero-order valence-corrected chi connectivity index (χ0v) is 12.2. The molecule has 0 saturated carbocycles. The lowest BCUT2D eigenvalue weighted by molar-refractivity contribution is -0.385. The Kier molecular flexibility index (Phi) is 5.49. The predicted molar refractivity (Wildman–Crippen MR) is 78.5 cm³/mol. The fraction of sp³-hybridized carbons (Fsp3) is 0.571. The van der Waals surface area contributed by atoms with Crippen LogP contribution in [-0.2, 0) is 6.61 Å². The summed E-state index contributed by atoms with van der Waals surface area (Å²) >= 11 is 0. The lowest BCUT2D eigenvalue weighted by Crippen LogP contribution is -2.45. The number of non-ortho nitro benzene ring substituents is 1. The smallest absolute Gasteiger partial charge is 0.270 e. The molecule has 7 nitrogen and oxygen atoms in total. The van der Waals surface area contributed by atoms with E-state index >= 15 is 0 Å². The third kappa shape index (κ3) is 4.38. The number of nitrogens with zero attached hydrogens (tertiary/aromatic N) is 3. The van der Waals surface area contributed by atoms with E-state index < -0.39 is 4.92 Å². The molecular formula is C14H21N3O4. The van der Waals surface area contributed by atoms with Crippen LogP contribution in [0.3, 0.4) is 0 Å². The number of nitro groups is 1.